The van der Waals surface area contributed by atoms with Crippen LogP contribution < -0.4 is 0 Å². The maximum Gasteiger partial charge on any atom is 0.326 e. The summed E-state index contributed by atoms with van der Waals surface area (Å²) in [6.07, 6.45) is 2.71. The predicted molar refractivity (Wildman–Crippen MR) is 101 cm³/mol. The molecule has 3 rings (SSSR count). The van der Waals surface area contributed by atoms with E-state index >= 15 is 0 Å². The molecule has 0 aromatic heterocycles. The van der Waals surface area contributed by atoms with Gasteiger partial charge in [0.05, 0.1) is 4.90 Å². The molecule has 0 bridgehead atoms. The molecular weight excluding hydrogens is 384 g/mol. The molecular formula is C19H24N2O6S. The van der Waals surface area contributed by atoms with E-state index in [1.165, 1.54) is 24.0 Å². The zero-order valence-corrected chi connectivity index (χ0v) is 16.7. The first kappa shape index (κ1) is 20.3. The molecule has 0 radical (unpaired) electrons. The molecule has 2 heterocycles. The fourth-order valence-electron chi connectivity index (χ4n) is 4.20. The van der Waals surface area contributed by atoms with Crippen LogP contribution in [0.25, 0.3) is 0 Å². The minimum absolute atomic E-state index is 0.101. The Labute approximate surface area is 164 Å². The Balaban J connectivity index is 1.71. The van der Waals surface area contributed by atoms with Crippen molar-refractivity contribution in [2.24, 2.45) is 5.41 Å². The van der Waals surface area contributed by atoms with Crippen molar-refractivity contribution in [3.8, 4) is 0 Å². The quantitative estimate of drug-likeness (QED) is 0.799. The second kappa shape index (κ2) is 7.20. The van der Waals surface area contributed by atoms with Gasteiger partial charge in [0.25, 0.3) is 5.91 Å². The van der Waals surface area contributed by atoms with Gasteiger partial charge < -0.3 is 14.9 Å². The van der Waals surface area contributed by atoms with Crippen molar-refractivity contribution in [3.63, 3.8) is 0 Å². The Morgan fingerprint density at radius 3 is 2.32 bits per heavy atom. The second-order valence-corrected chi connectivity index (χ2v) is 9.81. The highest BCUT2D eigenvalue weighted by Crippen LogP contribution is 2.43. The lowest BCUT2D eigenvalue weighted by Gasteiger charge is -2.39. The van der Waals surface area contributed by atoms with Crippen molar-refractivity contribution < 1.29 is 27.9 Å². The van der Waals surface area contributed by atoms with E-state index in [2.05, 4.69) is 0 Å². The van der Waals surface area contributed by atoms with Gasteiger partial charge in [-0.1, -0.05) is 6.07 Å². The Morgan fingerprint density at radius 2 is 1.82 bits per heavy atom. The number of rotatable bonds is 3. The summed E-state index contributed by atoms with van der Waals surface area (Å²) in [6, 6.07) is 5.17. The number of sulfone groups is 1. The number of carbonyl (C=O) groups excluding carboxylic acids is 2. The van der Waals surface area contributed by atoms with Crippen molar-refractivity contribution >= 4 is 27.6 Å². The normalized spacial score (nSPS) is 21.7. The average Bonchev–Trinajstić information content (AvgIpc) is 3.01. The second-order valence-electron chi connectivity index (χ2n) is 7.80. The SMILES string of the molecule is CC(=O)N1CC2(CCN(C(=O)c3cccc(S(C)(=O)=O)c3)CC2)C[C@H]1C(=O)O. The summed E-state index contributed by atoms with van der Waals surface area (Å²) in [5.41, 5.74) is 0.0270. The van der Waals surface area contributed by atoms with E-state index < -0.39 is 21.8 Å². The van der Waals surface area contributed by atoms with E-state index in [1.807, 2.05) is 0 Å². The zero-order chi connectivity index (χ0) is 20.7. The smallest absolute Gasteiger partial charge is 0.326 e. The number of likely N-dealkylation sites (tertiary alicyclic amines) is 2. The van der Waals surface area contributed by atoms with E-state index in [-0.39, 0.29) is 22.1 Å². The van der Waals surface area contributed by atoms with E-state index in [0.29, 0.717) is 44.5 Å². The fraction of sp³-hybridized carbons (Fsp3) is 0.526. The number of carbonyl (C=O) groups is 3. The standard InChI is InChI=1S/C19H24N2O6S/c1-13(22)21-12-19(11-16(21)18(24)25)6-8-20(9-7-19)17(23)14-4-3-5-15(10-14)28(2,26)27/h3-5,10,16H,6-9,11-12H2,1-2H3,(H,24,25)/t16-/m0/s1. The van der Waals surface area contributed by atoms with Crippen molar-refractivity contribution in [1.82, 2.24) is 9.80 Å². The topological polar surface area (TPSA) is 112 Å². The molecule has 2 aliphatic heterocycles. The molecule has 28 heavy (non-hydrogen) atoms. The summed E-state index contributed by atoms with van der Waals surface area (Å²) < 4.78 is 23.4. The minimum atomic E-state index is -3.40. The predicted octanol–water partition coefficient (Wildman–Crippen LogP) is 1.02. The Hall–Kier alpha value is -2.42. The number of aliphatic carboxylic acids is 1. The van der Waals surface area contributed by atoms with Crippen molar-refractivity contribution in [3.05, 3.63) is 29.8 Å². The Bertz CT molecular complexity index is 894. The van der Waals surface area contributed by atoms with Gasteiger partial charge in [0.15, 0.2) is 9.84 Å². The van der Waals surface area contributed by atoms with Gasteiger partial charge in [-0.3, -0.25) is 9.59 Å². The molecule has 1 aromatic rings. The van der Waals surface area contributed by atoms with Gasteiger partial charge in [0.2, 0.25) is 5.91 Å². The molecule has 2 amide bonds. The highest BCUT2D eigenvalue weighted by atomic mass is 32.2. The third-order valence-electron chi connectivity index (χ3n) is 5.82. The zero-order valence-electron chi connectivity index (χ0n) is 15.9. The lowest BCUT2D eigenvalue weighted by atomic mass is 9.76. The van der Waals surface area contributed by atoms with Crippen LogP contribution >= 0.6 is 0 Å². The third kappa shape index (κ3) is 3.89. The van der Waals surface area contributed by atoms with Gasteiger partial charge in [-0.25, -0.2) is 13.2 Å². The van der Waals surface area contributed by atoms with Gasteiger partial charge in [-0.2, -0.15) is 0 Å². The molecule has 2 fully saturated rings. The lowest BCUT2D eigenvalue weighted by Crippen LogP contribution is -2.44. The van der Waals surface area contributed by atoms with E-state index in [0.717, 1.165) is 6.26 Å². The van der Waals surface area contributed by atoms with Gasteiger partial charge in [-0.05, 0) is 42.9 Å². The molecule has 1 aromatic carbocycles. The first-order chi connectivity index (χ1) is 13.0. The maximum absolute atomic E-state index is 12.8. The molecule has 2 aliphatic rings. The molecule has 8 nitrogen and oxygen atoms in total. The van der Waals surface area contributed by atoms with Gasteiger partial charge in [-0.15, -0.1) is 0 Å². The highest BCUT2D eigenvalue weighted by molar-refractivity contribution is 7.90. The summed E-state index contributed by atoms with van der Waals surface area (Å²) >= 11 is 0. The highest BCUT2D eigenvalue weighted by Gasteiger charge is 2.49. The summed E-state index contributed by atoms with van der Waals surface area (Å²) in [7, 11) is -3.40. The fourth-order valence-corrected chi connectivity index (χ4v) is 4.86. The third-order valence-corrected chi connectivity index (χ3v) is 6.93. The molecule has 1 N–H and O–H groups in total. The van der Waals surface area contributed by atoms with Gasteiger partial charge in [0.1, 0.15) is 6.04 Å². The number of hydrogen-bond donors (Lipinski definition) is 1. The van der Waals surface area contributed by atoms with Crippen LogP contribution in [0.4, 0.5) is 0 Å². The number of amides is 2. The summed E-state index contributed by atoms with van der Waals surface area (Å²) in [5.74, 6) is -1.49. The van der Waals surface area contributed by atoms with Crippen LogP contribution in [-0.2, 0) is 19.4 Å². The molecule has 0 unspecified atom stereocenters. The molecule has 2 saturated heterocycles. The number of nitrogens with zero attached hydrogens (tertiary/aromatic N) is 2. The largest absolute Gasteiger partial charge is 0.480 e. The Kier molecular flexibility index (Phi) is 5.22. The molecule has 152 valence electrons. The first-order valence-electron chi connectivity index (χ1n) is 9.12. The van der Waals surface area contributed by atoms with Crippen LogP contribution in [0.15, 0.2) is 29.2 Å². The number of hydrogen-bond acceptors (Lipinski definition) is 5. The average molecular weight is 408 g/mol. The monoisotopic (exact) mass is 408 g/mol. The molecule has 1 spiro atoms. The van der Waals surface area contributed by atoms with Crippen molar-refractivity contribution in [2.75, 3.05) is 25.9 Å². The van der Waals surface area contributed by atoms with Crippen LogP contribution in [-0.4, -0.2) is 73.0 Å². The van der Waals surface area contributed by atoms with E-state index in [9.17, 15) is 27.9 Å². The number of carboxylic acids is 1. The van der Waals surface area contributed by atoms with Gasteiger partial charge >= 0.3 is 5.97 Å². The van der Waals surface area contributed by atoms with Crippen LogP contribution in [0.1, 0.15) is 36.5 Å². The summed E-state index contributed by atoms with van der Waals surface area (Å²) in [6.45, 7) is 2.66. The number of piperidine rings is 1. The molecule has 9 heteroatoms. The lowest BCUT2D eigenvalue weighted by molar-refractivity contribution is -0.147. The van der Waals surface area contributed by atoms with Gasteiger partial charge in [0, 0.05) is 38.4 Å². The molecule has 1 atom stereocenters. The minimum Gasteiger partial charge on any atom is -0.480 e. The van der Waals surface area contributed by atoms with Crippen LogP contribution in [0, 0.1) is 5.41 Å². The summed E-state index contributed by atoms with van der Waals surface area (Å²) in [4.78, 5) is 39.3. The van der Waals surface area contributed by atoms with Crippen molar-refractivity contribution in [1.29, 1.82) is 0 Å². The van der Waals surface area contributed by atoms with E-state index in [4.69, 9.17) is 0 Å². The summed E-state index contributed by atoms with van der Waals surface area (Å²) in [5, 5.41) is 9.42. The molecule has 0 saturated carbocycles. The maximum atomic E-state index is 12.8. The number of carboxylic acid groups (broad SMARTS) is 1. The van der Waals surface area contributed by atoms with Crippen LogP contribution in [0.2, 0.25) is 0 Å². The molecule has 0 aliphatic carbocycles. The van der Waals surface area contributed by atoms with E-state index in [1.54, 1.807) is 17.0 Å². The first-order valence-corrected chi connectivity index (χ1v) is 11.0. The van der Waals surface area contributed by atoms with Crippen molar-refractivity contribution in [2.45, 2.75) is 37.1 Å². The van der Waals surface area contributed by atoms with Crippen LogP contribution in [0.3, 0.4) is 0 Å². The number of benzene rings is 1. The Morgan fingerprint density at radius 1 is 1.18 bits per heavy atom. The van der Waals surface area contributed by atoms with Crippen LogP contribution in [0.5, 0.6) is 0 Å².